The molecule has 1 aromatic heterocycles. The van der Waals surface area contributed by atoms with Gasteiger partial charge >= 0.3 is 0 Å². The Kier molecular flexibility index (Phi) is 7.79. The number of methoxy groups -OCH3 is 1. The van der Waals surface area contributed by atoms with Crippen LogP contribution in [-0.4, -0.2) is 36.4 Å². The van der Waals surface area contributed by atoms with Crippen LogP contribution < -0.4 is 25.8 Å². The molecular weight excluding hydrogens is 473 g/mol. The van der Waals surface area contributed by atoms with Gasteiger partial charge in [0.15, 0.2) is 11.5 Å². The molecular formula is C20H21BrFN5O4. The number of nitrogens with one attached hydrogen (secondary N) is 2. The summed E-state index contributed by atoms with van der Waals surface area (Å²) in [5, 5.41) is 12.7. The largest absolute Gasteiger partial charge is 0.493 e. The van der Waals surface area contributed by atoms with E-state index >= 15 is 0 Å². The van der Waals surface area contributed by atoms with Crippen molar-refractivity contribution >= 4 is 27.7 Å². The highest BCUT2D eigenvalue weighted by atomic mass is 79.9. The summed E-state index contributed by atoms with van der Waals surface area (Å²) in [6.45, 7) is 1.69. The van der Waals surface area contributed by atoms with Gasteiger partial charge in [0, 0.05) is 19.6 Å². The Morgan fingerprint density at radius 3 is 2.65 bits per heavy atom. The van der Waals surface area contributed by atoms with E-state index in [9.17, 15) is 9.18 Å². The molecule has 31 heavy (non-hydrogen) atoms. The maximum atomic E-state index is 13.0. The van der Waals surface area contributed by atoms with Gasteiger partial charge in [-0.1, -0.05) is 12.1 Å². The summed E-state index contributed by atoms with van der Waals surface area (Å²) in [5.74, 6) is 0.326. The minimum absolute atomic E-state index is 0.0371. The van der Waals surface area contributed by atoms with E-state index in [0.29, 0.717) is 31.1 Å². The standard InChI is InChI=1S/C20H21BrFN5O4/c1-29-16-9-13(10-24-6-7-25-20(28)17-19(23)27-31-26-17)8-15(21)18(16)30-11-12-2-4-14(22)5-3-12/h2-5,8-9,24H,6-7,10-11H2,1H3,(H2,23,27)(H,25,28). The van der Waals surface area contributed by atoms with Crippen LogP contribution in [0.25, 0.3) is 0 Å². The lowest BCUT2D eigenvalue weighted by molar-refractivity contribution is 0.0944. The van der Waals surface area contributed by atoms with E-state index in [1.165, 1.54) is 12.1 Å². The molecule has 0 aliphatic carbocycles. The van der Waals surface area contributed by atoms with Crippen LogP contribution in [0.1, 0.15) is 21.6 Å². The average Bonchev–Trinajstić information content (AvgIpc) is 3.19. The van der Waals surface area contributed by atoms with Crippen LogP contribution in [-0.2, 0) is 13.2 Å². The molecule has 1 amide bonds. The van der Waals surface area contributed by atoms with Crippen LogP contribution in [0.15, 0.2) is 45.5 Å². The lowest BCUT2D eigenvalue weighted by Crippen LogP contribution is -2.32. The van der Waals surface area contributed by atoms with Gasteiger partial charge in [-0.3, -0.25) is 4.79 Å². The molecule has 0 spiro atoms. The molecule has 0 aliphatic heterocycles. The van der Waals surface area contributed by atoms with Gasteiger partial charge in [-0.2, -0.15) is 0 Å². The van der Waals surface area contributed by atoms with E-state index in [2.05, 4.69) is 41.5 Å². The minimum Gasteiger partial charge on any atom is -0.493 e. The number of carbonyl (C=O) groups excluding carboxylic acids is 1. The predicted octanol–water partition coefficient (Wildman–Crippen LogP) is 2.66. The molecule has 164 valence electrons. The van der Waals surface area contributed by atoms with Crippen molar-refractivity contribution in [3.8, 4) is 11.5 Å². The fourth-order valence-electron chi connectivity index (χ4n) is 2.69. The zero-order valence-corrected chi connectivity index (χ0v) is 18.2. The average molecular weight is 494 g/mol. The molecule has 0 bridgehead atoms. The zero-order chi connectivity index (χ0) is 22.2. The molecule has 0 atom stereocenters. The van der Waals surface area contributed by atoms with Crippen molar-refractivity contribution in [2.24, 2.45) is 0 Å². The first kappa shape index (κ1) is 22.5. The van der Waals surface area contributed by atoms with Gasteiger partial charge in [0.05, 0.1) is 11.6 Å². The summed E-state index contributed by atoms with van der Waals surface area (Å²) in [6, 6.07) is 9.88. The first-order valence-corrected chi connectivity index (χ1v) is 10.1. The first-order chi connectivity index (χ1) is 15.0. The van der Waals surface area contributed by atoms with Crippen molar-refractivity contribution < 1.29 is 23.3 Å². The normalized spacial score (nSPS) is 10.7. The van der Waals surface area contributed by atoms with Gasteiger partial charge in [-0.05, 0) is 61.6 Å². The molecule has 3 aromatic rings. The molecule has 3 rings (SSSR count). The fourth-order valence-corrected chi connectivity index (χ4v) is 3.29. The molecule has 1 heterocycles. The second kappa shape index (κ2) is 10.7. The number of aromatic nitrogens is 2. The van der Waals surface area contributed by atoms with Gasteiger partial charge < -0.3 is 25.8 Å². The van der Waals surface area contributed by atoms with Crippen LogP contribution in [0.4, 0.5) is 10.2 Å². The smallest absolute Gasteiger partial charge is 0.277 e. The quantitative estimate of drug-likeness (QED) is 0.368. The van der Waals surface area contributed by atoms with Crippen LogP contribution in [0, 0.1) is 5.82 Å². The molecule has 0 aliphatic rings. The van der Waals surface area contributed by atoms with Gasteiger partial charge in [0.25, 0.3) is 5.91 Å². The number of anilines is 1. The topological polar surface area (TPSA) is 125 Å². The molecule has 0 radical (unpaired) electrons. The highest BCUT2D eigenvalue weighted by molar-refractivity contribution is 9.10. The van der Waals surface area contributed by atoms with Crippen LogP contribution in [0.5, 0.6) is 11.5 Å². The summed E-state index contributed by atoms with van der Waals surface area (Å²) in [6.07, 6.45) is 0. The lowest BCUT2D eigenvalue weighted by Gasteiger charge is -2.15. The Labute approximate surface area is 186 Å². The predicted molar refractivity (Wildman–Crippen MR) is 114 cm³/mol. The zero-order valence-electron chi connectivity index (χ0n) is 16.7. The number of nitrogens with two attached hydrogens (primary N) is 1. The van der Waals surface area contributed by atoms with Crippen molar-refractivity contribution in [1.29, 1.82) is 0 Å². The van der Waals surface area contributed by atoms with Crippen molar-refractivity contribution in [3.05, 3.63) is 63.5 Å². The summed E-state index contributed by atoms with van der Waals surface area (Å²) in [5.41, 5.74) is 7.23. The SMILES string of the molecule is COc1cc(CNCCNC(=O)c2nonc2N)cc(Br)c1OCc1ccc(F)cc1. The van der Waals surface area contributed by atoms with E-state index < -0.39 is 5.91 Å². The molecule has 0 unspecified atom stereocenters. The molecule has 4 N–H and O–H groups in total. The number of nitrogens with zero attached hydrogens (tertiary/aromatic N) is 2. The second-order valence-corrected chi connectivity index (χ2v) is 7.31. The first-order valence-electron chi connectivity index (χ1n) is 9.28. The Bertz CT molecular complexity index is 1030. The van der Waals surface area contributed by atoms with Crippen molar-refractivity contribution in [3.63, 3.8) is 0 Å². The fraction of sp³-hybridized carbons (Fsp3) is 0.250. The molecule has 0 fully saturated rings. The Morgan fingerprint density at radius 1 is 1.19 bits per heavy atom. The Balaban J connectivity index is 1.50. The number of rotatable bonds is 10. The summed E-state index contributed by atoms with van der Waals surface area (Å²) in [7, 11) is 1.56. The van der Waals surface area contributed by atoms with Crippen molar-refractivity contribution in [2.75, 3.05) is 25.9 Å². The summed E-state index contributed by atoms with van der Waals surface area (Å²) in [4.78, 5) is 11.9. The number of carbonyl (C=O) groups is 1. The number of amides is 1. The van der Waals surface area contributed by atoms with Crippen molar-refractivity contribution in [1.82, 2.24) is 20.9 Å². The maximum absolute atomic E-state index is 13.0. The van der Waals surface area contributed by atoms with Gasteiger partial charge in [-0.25, -0.2) is 9.02 Å². The third kappa shape index (κ3) is 6.15. The van der Waals surface area contributed by atoms with E-state index in [1.54, 1.807) is 19.2 Å². The highest BCUT2D eigenvalue weighted by Gasteiger charge is 2.15. The van der Waals surface area contributed by atoms with E-state index in [-0.39, 0.29) is 23.9 Å². The second-order valence-electron chi connectivity index (χ2n) is 6.45. The lowest BCUT2D eigenvalue weighted by atomic mass is 10.2. The Hall–Kier alpha value is -3.18. The molecule has 11 heteroatoms. The van der Waals surface area contributed by atoms with Gasteiger partial charge in [0.2, 0.25) is 11.5 Å². The summed E-state index contributed by atoms with van der Waals surface area (Å²) >= 11 is 3.51. The molecule has 9 nitrogen and oxygen atoms in total. The molecule has 2 aromatic carbocycles. The third-order valence-electron chi connectivity index (χ3n) is 4.23. The molecule has 0 saturated carbocycles. The monoisotopic (exact) mass is 493 g/mol. The molecule has 0 saturated heterocycles. The summed E-state index contributed by atoms with van der Waals surface area (Å²) < 4.78 is 29.5. The number of ether oxygens (including phenoxy) is 2. The number of nitrogen functional groups attached to an aromatic ring is 1. The van der Waals surface area contributed by atoms with Crippen LogP contribution in [0.3, 0.4) is 0 Å². The van der Waals surface area contributed by atoms with E-state index in [1.807, 2.05) is 12.1 Å². The van der Waals surface area contributed by atoms with Gasteiger partial charge in [-0.15, -0.1) is 0 Å². The Morgan fingerprint density at radius 2 is 1.97 bits per heavy atom. The number of hydrogen-bond donors (Lipinski definition) is 3. The van der Waals surface area contributed by atoms with E-state index in [0.717, 1.165) is 15.6 Å². The van der Waals surface area contributed by atoms with E-state index in [4.69, 9.17) is 15.2 Å². The van der Waals surface area contributed by atoms with Gasteiger partial charge in [0.1, 0.15) is 12.4 Å². The maximum Gasteiger partial charge on any atom is 0.277 e. The van der Waals surface area contributed by atoms with Crippen LogP contribution >= 0.6 is 15.9 Å². The number of hydrogen-bond acceptors (Lipinski definition) is 8. The van der Waals surface area contributed by atoms with Crippen molar-refractivity contribution in [2.45, 2.75) is 13.2 Å². The number of benzene rings is 2. The van der Waals surface area contributed by atoms with Crippen LogP contribution in [0.2, 0.25) is 0 Å². The number of halogens is 2. The minimum atomic E-state index is -0.451. The third-order valence-corrected chi connectivity index (χ3v) is 4.82. The highest BCUT2D eigenvalue weighted by Crippen LogP contribution is 2.37.